The largest absolute Gasteiger partial charge is 0.507 e. The number of carbonyl (C=O) groups is 2. The minimum Gasteiger partial charge on any atom is -0.507 e. The quantitative estimate of drug-likeness (QED) is 0.309. The van der Waals surface area contributed by atoms with Gasteiger partial charge >= 0.3 is 0 Å². The first-order valence-electron chi connectivity index (χ1n) is 9.79. The van der Waals surface area contributed by atoms with E-state index in [9.17, 15) is 14.7 Å². The molecule has 1 amide bonds. The molecule has 31 heavy (non-hydrogen) atoms. The van der Waals surface area contributed by atoms with E-state index in [0.717, 1.165) is 5.56 Å². The van der Waals surface area contributed by atoms with Crippen molar-refractivity contribution in [3.8, 4) is 0 Å². The van der Waals surface area contributed by atoms with E-state index in [-0.39, 0.29) is 11.3 Å². The van der Waals surface area contributed by atoms with Crippen LogP contribution in [0.4, 0.5) is 0 Å². The van der Waals surface area contributed by atoms with E-state index in [4.69, 9.17) is 23.2 Å². The van der Waals surface area contributed by atoms with E-state index < -0.39 is 17.7 Å². The zero-order chi connectivity index (χ0) is 22.0. The summed E-state index contributed by atoms with van der Waals surface area (Å²) in [6, 6.07) is 22.5. The fourth-order valence-electron chi connectivity index (χ4n) is 3.79. The summed E-state index contributed by atoms with van der Waals surface area (Å²) in [5, 5.41) is 12.0. The van der Waals surface area contributed by atoms with Gasteiger partial charge in [-0.1, -0.05) is 65.7 Å². The average Bonchev–Trinajstić information content (AvgIpc) is 3.03. The Morgan fingerprint density at radius 2 is 1.58 bits per heavy atom. The zero-order valence-electron chi connectivity index (χ0n) is 16.5. The van der Waals surface area contributed by atoms with Crippen LogP contribution in [0, 0.1) is 0 Å². The molecule has 1 unspecified atom stereocenters. The summed E-state index contributed by atoms with van der Waals surface area (Å²) >= 11 is 12.1. The first-order valence-corrected chi connectivity index (χ1v) is 10.5. The number of hydrogen-bond donors (Lipinski definition) is 1. The van der Waals surface area contributed by atoms with E-state index in [1.807, 2.05) is 30.3 Å². The second-order valence-corrected chi connectivity index (χ2v) is 8.16. The van der Waals surface area contributed by atoms with Gasteiger partial charge in [0.15, 0.2) is 0 Å². The lowest BCUT2D eigenvalue weighted by Gasteiger charge is -2.25. The van der Waals surface area contributed by atoms with Gasteiger partial charge in [-0.15, -0.1) is 0 Å². The molecule has 1 aliphatic heterocycles. The molecule has 1 fully saturated rings. The lowest BCUT2D eigenvalue weighted by Crippen LogP contribution is -2.31. The van der Waals surface area contributed by atoms with Crippen LogP contribution in [0.2, 0.25) is 10.0 Å². The molecule has 0 spiro atoms. The summed E-state index contributed by atoms with van der Waals surface area (Å²) in [6.07, 6.45) is 0.575. The van der Waals surface area contributed by atoms with Crippen LogP contribution in [0.25, 0.3) is 5.76 Å². The molecule has 0 radical (unpaired) electrons. The molecule has 0 aliphatic carbocycles. The second-order valence-electron chi connectivity index (χ2n) is 7.29. The van der Waals surface area contributed by atoms with Gasteiger partial charge in [0.25, 0.3) is 11.7 Å². The van der Waals surface area contributed by atoms with Crippen molar-refractivity contribution in [2.45, 2.75) is 12.5 Å². The van der Waals surface area contributed by atoms with E-state index in [0.29, 0.717) is 34.1 Å². The number of rotatable bonds is 5. The van der Waals surface area contributed by atoms with Crippen molar-refractivity contribution >= 4 is 40.7 Å². The van der Waals surface area contributed by atoms with E-state index >= 15 is 0 Å². The van der Waals surface area contributed by atoms with Gasteiger partial charge in [0.05, 0.1) is 11.6 Å². The smallest absolute Gasteiger partial charge is 0.295 e. The van der Waals surface area contributed by atoms with Gasteiger partial charge in [-0.05, 0) is 53.9 Å². The van der Waals surface area contributed by atoms with Crippen molar-refractivity contribution < 1.29 is 14.7 Å². The molecular weight excluding hydrogens is 433 g/mol. The summed E-state index contributed by atoms with van der Waals surface area (Å²) in [6.45, 7) is 0.323. The molecule has 1 saturated heterocycles. The molecule has 0 bridgehead atoms. The molecule has 4 rings (SSSR count). The fraction of sp³-hybridized carbons (Fsp3) is 0.120. The van der Waals surface area contributed by atoms with E-state index in [2.05, 4.69) is 0 Å². The Morgan fingerprint density at radius 3 is 2.26 bits per heavy atom. The molecule has 0 aromatic heterocycles. The van der Waals surface area contributed by atoms with Crippen molar-refractivity contribution in [2.24, 2.45) is 0 Å². The lowest BCUT2D eigenvalue weighted by molar-refractivity contribution is -0.139. The highest BCUT2D eigenvalue weighted by Crippen LogP contribution is 2.40. The number of halogens is 2. The molecule has 1 atom stereocenters. The molecule has 4 nitrogen and oxygen atoms in total. The second kappa shape index (κ2) is 8.96. The third kappa shape index (κ3) is 4.36. The van der Waals surface area contributed by atoms with Gasteiger partial charge in [0, 0.05) is 22.2 Å². The molecular formula is C25H19Cl2NO3. The molecule has 3 aromatic carbocycles. The van der Waals surface area contributed by atoms with Crippen LogP contribution in [0.1, 0.15) is 22.7 Å². The van der Waals surface area contributed by atoms with Crippen molar-refractivity contribution in [1.82, 2.24) is 4.90 Å². The normalized spacial score (nSPS) is 17.9. The highest BCUT2D eigenvalue weighted by Gasteiger charge is 2.45. The molecule has 1 aliphatic rings. The number of benzene rings is 3. The molecule has 1 N–H and O–H groups in total. The monoisotopic (exact) mass is 451 g/mol. The summed E-state index contributed by atoms with van der Waals surface area (Å²) in [5.74, 6) is -1.59. The fourth-order valence-corrected chi connectivity index (χ4v) is 4.12. The maximum absolute atomic E-state index is 13.0. The van der Waals surface area contributed by atoms with Crippen LogP contribution < -0.4 is 0 Å². The summed E-state index contributed by atoms with van der Waals surface area (Å²) in [5.41, 5.74) is 2.17. The summed E-state index contributed by atoms with van der Waals surface area (Å²) in [4.78, 5) is 27.5. The van der Waals surface area contributed by atoms with Gasteiger partial charge in [0.1, 0.15) is 5.76 Å². The number of amides is 1. The molecule has 0 saturated carbocycles. The minimum absolute atomic E-state index is 0.0441. The molecule has 6 heteroatoms. The van der Waals surface area contributed by atoms with Gasteiger partial charge in [-0.3, -0.25) is 9.59 Å². The predicted octanol–water partition coefficient (Wildman–Crippen LogP) is 5.66. The van der Waals surface area contributed by atoms with Gasteiger partial charge in [-0.25, -0.2) is 0 Å². The Kier molecular flexibility index (Phi) is 6.12. The molecule has 156 valence electrons. The number of likely N-dealkylation sites (tertiary alicyclic amines) is 1. The van der Waals surface area contributed by atoms with Crippen molar-refractivity contribution in [1.29, 1.82) is 0 Å². The maximum Gasteiger partial charge on any atom is 0.295 e. The highest BCUT2D eigenvalue weighted by molar-refractivity contribution is 6.46. The third-order valence-electron chi connectivity index (χ3n) is 5.31. The number of ketones is 1. The summed E-state index contributed by atoms with van der Waals surface area (Å²) in [7, 11) is 0. The van der Waals surface area contributed by atoms with E-state index in [1.54, 1.807) is 48.5 Å². The first kappa shape index (κ1) is 21.2. The zero-order valence-corrected chi connectivity index (χ0v) is 18.0. The SMILES string of the molecule is O=C1C(=O)N(CCc2ccccc2)C(c2cccc(Cl)c2)/C1=C(\O)c1ccc(Cl)cc1. The van der Waals surface area contributed by atoms with Crippen molar-refractivity contribution in [3.63, 3.8) is 0 Å². The number of nitrogens with zero attached hydrogens (tertiary/aromatic N) is 1. The number of aliphatic hydroxyl groups excluding tert-OH is 1. The Labute approximate surface area is 190 Å². The minimum atomic E-state index is -0.738. The third-order valence-corrected chi connectivity index (χ3v) is 5.79. The number of hydrogen-bond acceptors (Lipinski definition) is 3. The molecule has 3 aromatic rings. The van der Waals surface area contributed by atoms with E-state index in [1.165, 1.54) is 4.90 Å². The Morgan fingerprint density at radius 1 is 0.871 bits per heavy atom. The van der Waals surface area contributed by atoms with Crippen LogP contribution in [-0.4, -0.2) is 28.2 Å². The van der Waals surface area contributed by atoms with Crippen LogP contribution >= 0.6 is 23.2 Å². The Bertz CT molecular complexity index is 1160. The van der Waals surface area contributed by atoms with Gasteiger partial charge in [-0.2, -0.15) is 0 Å². The number of carbonyl (C=O) groups excluding carboxylic acids is 2. The Hall–Kier alpha value is -3.08. The van der Waals surface area contributed by atoms with Crippen LogP contribution in [0.3, 0.4) is 0 Å². The maximum atomic E-state index is 13.0. The van der Waals surface area contributed by atoms with Crippen LogP contribution in [-0.2, 0) is 16.0 Å². The lowest BCUT2D eigenvalue weighted by atomic mass is 9.95. The highest BCUT2D eigenvalue weighted by atomic mass is 35.5. The average molecular weight is 452 g/mol. The van der Waals surface area contributed by atoms with Crippen molar-refractivity contribution in [3.05, 3.63) is 111 Å². The summed E-state index contributed by atoms with van der Waals surface area (Å²) < 4.78 is 0. The van der Waals surface area contributed by atoms with Crippen molar-refractivity contribution in [2.75, 3.05) is 6.54 Å². The van der Waals surface area contributed by atoms with Crippen LogP contribution in [0.15, 0.2) is 84.4 Å². The topological polar surface area (TPSA) is 57.6 Å². The van der Waals surface area contributed by atoms with Gasteiger partial charge < -0.3 is 10.0 Å². The first-order chi connectivity index (χ1) is 15.0. The number of Topliss-reactive ketones (excluding diaryl/α,β-unsaturated/α-hetero) is 1. The number of aliphatic hydroxyl groups is 1. The Balaban J connectivity index is 1.79. The van der Waals surface area contributed by atoms with Crippen LogP contribution in [0.5, 0.6) is 0 Å². The standard InChI is InChI=1S/C25H19Cl2NO3/c26-19-11-9-17(10-12-19)23(29)21-22(18-7-4-8-20(27)15-18)28(25(31)24(21)30)14-13-16-5-2-1-3-6-16/h1-12,15,22,29H,13-14H2/b23-21+. The predicted molar refractivity (Wildman–Crippen MR) is 122 cm³/mol. The molecule has 1 heterocycles. The van der Waals surface area contributed by atoms with Gasteiger partial charge in [0.2, 0.25) is 0 Å².